The van der Waals surface area contributed by atoms with Crippen LogP contribution in [0.3, 0.4) is 0 Å². The number of amides is 1. The van der Waals surface area contributed by atoms with Crippen LogP contribution < -0.4 is 5.32 Å². The van der Waals surface area contributed by atoms with E-state index in [2.05, 4.69) is 12.2 Å². The van der Waals surface area contributed by atoms with Crippen LogP contribution in [-0.4, -0.2) is 22.7 Å². The van der Waals surface area contributed by atoms with Crippen molar-refractivity contribution in [2.75, 3.05) is 6.54 Å². The Balaban J connectivity index is 1.83. The van der Waals surface area contributed by atoms with Gasteiger partial charge in [-0.3, -0.25) is 4.79 Å². The van der Waals surface area contributed by atoms with Gasteiger partial charge >= 0.3 is 0 Å². The largest absolute Gasteiger partial charge is 0.504 e. The normalized spacial score (nSPS) is 10.9. The second kappa shape index (κ2) is 17.2. The third kappa shape index (κ3) is 13.2. The molecule has 0 unspecified atom stereocenters. The van der Waals surface area contributed by atoms with Crippen molar-refractivity contribution >= 4 is 5.91 Å². The summed E-state index contributed by atoms with van der Waals surface area (Å²) in [6.45, 7) is 2.92. The molecule has 0 aliphatic heterocycles. The Labute approximate surface area is 178 Å². The lowest BCUT2D eigenvalue weighted by atomic mass is 10.0. The summed E-state index contributed by atoms with van der Waals surface area (Å²) in [4.78, 5) is 12.0. The Bertz CT molecular complexity index is 545. The van der Waals surface area contributed by atoms with Crippen LogP contribution in [0.15, 0.2) is 18.2 Å². The van der Waals surface area contributed by atoms with Crippen LogP contribution >= 0.6 is 0 Å². The summed E-state index contributed by atoms with van der Waals surface area (Å²) in [5.74, 6) is -0.680. The average Bonchev–Trinajstić information content (AvgIpc) is 2.72. The molecule has 166 valence electrons. The van der Waals surface area contributed by atoms with Crippen molar-refractivity contribution in [2.45, 2.75) is 110 Å². The molecule has 1 aromatic rings. The zero-order chi connectivity index (χ0) is 21.2. The third-order valence-corrected chi connectivity index (χ3v) is 5.55. The van der Waals surface area contributed by atoms with Crippen LogP contribution in [0.4, 0.5) is 0 Å². The first-order chi connectivity index (χ1) is 14.1. The second-order valence-electron chi connectivity index (χ2n) is 8.26. The number of unbranched alkanes of at least 4 members (excludes halogenated alkanes) is 15. The van der Waals surface area contributed by atoms with E-state index in [-0.39, 0.29) is 17.4 Å². The summed E-state index contributed by atoms with van der Waals surface area (Å²) in [6, 6.07) is 4.13. The maximum absolute atomic E-state index is 12.0. The fourth-order valence-corrected chi connectivity index (χ4v) is 3.64. The highest BCUT2D eigenvalue weighted by atomic mass is 16.3. The number of hydrogen-bond acceptors (Lipinski definition) is 3. The van der Waals surface area contributed by atoms with Gasteiger partial charge in [0.1, 0.15) is 0 Å². The van der Waals surface area contributed by atoms with Crippen molar-refractivity contribution in [3.8, 4) is 11.5 Å². The van der Waals surface area contributed by atoms with Gasteiger partial charge in [0.2, 0.25) is 0 Å². The molecule has 0 atom stereocenters. The Morgan fingerprint density at radius 1 is 0.690 bits per heavy atom. The van der Waals surface area contributed by atoms with Crippen LogP contribution in [-0.2, 0) is 0 Å². The molecule has 0 aliphatic rings. The fraction of sp³-hybridized carbons (Fsp3) is 0.720. The van der Waals surface area contributed by atoms with E-state index in [0.717, 1.165) is 12.8 Å². The summed E-state index contributed by atoms with van der Waals surface area (Å²) in [5, 5.41) is 21.6. The highest BCUT2D eigenvalue weighted by Gasteiger charge is 2.07. The van der Waals surface area contributed by atoms with Gasteiger partial charge in [0.25, 0.3) is 5.91 Å². The summed E-state index contributed by atoms with van der Waals surface area (Å²) < 4.78 is 0. The van der Waals surface area contributed by atoms with Gasteiger partial charge in [0, 0.05) is 12.1 Å². The van der Waals surface area contributed by atoms with Gasteiger partial charge in [-0.2, -0.15) is 0 Å². The lowest BCUT2D eigenvalue weighted by Crippen LogP contribution is -2.24. The van der Waals surface area contributed by atoms with Crippen molar-refractivity contribution in [1.29, 1.82) is 0 Å². The lowest BCUT2D eigenvalue weighted by molar-refractivity contribution is 0.0952. The van der Waals surface area contributed by atoms with Gasteiger partial charge in [-0.05, 0) is 24.6 Å². The number of rotatable bonds is 18. The molecule has 0 spiro atoms. The standard InChI is InChI=1S/C25H43NO3/c1-2-3-4-5-6-7-8-9-10-11-12-13-14-15-16-17-20-26-25(29)22-18-19-23(27)24(28)21-22/h18-19,21,27-28H,2-17,20H2,1H3,(H,26,29). The van der Waals surface area contributed by atoms with Gasteiger partial charge < -0.3 is 15.5 Å². The van der Waals surface area contributed by atoms with Crippen LogP contribution in [0.1, 0.15) is 120 Å². The highest BCUT2D eigenvalue weighted by Crippen LogP contribution is 2.24. The molecular weight excluding hydrogens is 362 g/mol. The number of phenolic OH excluding ortho intramolecular Hbond substituents is 2. The van der Waals surface area contributed by atoms with E-state index >= 15 is 0 Å². The number of phenols is 2. The number of hydrogen-bond donors (Lipinski definition) is 3. The second-order valence-corrected chi connectivity index (χ2v) is 8.26. The molecule has 3 N–H and O–H groups in total. The van der Waals surface area contributed by atoms with Crippen molar-refractivity contribution in [1.82, 2.24) is 5.32 Å². The van der Waals surface area contributed by atoms with E-state index in [9.17, 15) is 15.0 Å². The maximum atomic E-state index is 12.0. The SMILES string of the molecule is CCCCCCCCCCCCCCCCCCNC(=O)c1ccc(O)c(O)c1. The lowest BCUT2D eigenvalue weighted by Gasteiger charge is -2.06. The molecular formula is C25H43NO3. The molecule has 1 aromatic carbocycles. The van der Waals surface area contributed by atoms with Crippen LogP contribution in [0.5, 0.6) is 11.5 Å². The number of carbonyl (C=O) groups excluding carboxylic acids is 1. The molecule has 0 saturated carbocycles. The van der Waals surface area contributed by atoms with E-state index in [0.29, 0.717) is 12.1 Å². The zero-order valence-corrected chi connectivity index (χ0v) is 18.6. The summed E-state index contributed by atoms with van der Waals surface area (Å²) in [5.41, 5.74) is 0.372. The van der Waals surface area contributed by atoms with Crippen molar-refractivity contribution in [2.24, 2.45) is 0 Å². The Morgan fingerprint density at radius 2 is 1.14 bits per heavy atom. The maximum Gasteiger partial charge on any atom is 0.251 e. The summed E-state index contributed by atoms with van der Waals surface area (Å²) in [7, 11) is 0. The van der Waals surface area contributed by atoms with E-state index in [1.165, 1.54) is 108 Å². The monoisotopic (exact) mass is 405 g/mol. The van der Waals surface area contributed by atoms with Crippen molar-refractivity contribution < 1.29 is 15.0 Å². The minimum Gasteiger partial charge on any atom is -0.504 e. The first-order valence-corrected chi connectivity index (χ1v) is 12.0. The minimum absolute atomic E-state index is 0.207. The van der Waals surface area contributed by atoms with Gasteiger partial charge in [-0.25, -0.2) is 0 Å². The molecule has 0 bridgehead atoms. The minimum atomic E-state index is -0.264. The van der Waals surface area contributed by atoms with Crippen molar-refractivity contribution in [3.05, 3.63) is 23.8 Å². The van der Waals surface area contributed by atoms with Crippen LogP contribution in [0.25, 0.3) is 0 Å². The van der Waals surface area contributed by atoms with Crippen LogP contribution in [0.2, 0.25) is 0 Å². The molecule has 0 radical (unpaired) electrons. The van der Waals surface area contributed by atoms with Gasteiger partial charge in [0.15, 0.2) is 11.5 Å². The predicted octanol–water partition coefficient (Wildman–Crippen LogP) is 7.09. The van der Waals surface area contributed by atoms with E-state index < -0.39 is 0 Å². The Kier molecular flexibility index (Phi) is 15.0. The smallest absolute Gasteiger partial charge is 0.251 e. The molecule has 0 fully saturated rings. The van der Waals surface area contributed by atoms with E-state index in [1.807, 2.05) is 0 Å². The van der Waals surface area contributed by atoms with E-state index in [4.69, 9.17) is 0 Å². The molecule has 0 saturated heterocycles. The fourth-order valence-electron chi connectivity index (χ4n) is 3.64. The summed E-state index contributed by atoms with van der Waals surface area (Å²) in [6.07, 6.45) is 21.4. The van der Waals surface area contributed by atoms with Gasteiger partial charge in [0.05, 0.1) is 0 Å². The molecule has 0 aliphatic carbocycles. The third-order valence-electron chi connectivity index (χ3n) is 5.55. The average molecular weight is 406 g/mol. The molecule has 4 nitrogen and oxygen atoms in total. The Morgan fingerprint density at radius 3 is 1.59 bits per heavy atom. The molecule has 4 heteroatoms. The topological polar surface area (TPSA) is 69.6 Å². The number of benzene rings is 1. The number of nitrogens with one attached hydrogen (secondary N) is 1. The molecule has 1 amide bonds. The number of carbonyl (C=O) groups is 1. The van der Waals surface area contributed by atoms with Crippen LogP contribution in [0, 0.1) is 0 Å². The first-order valence-electron chi connectivity index (χ1n) is 12.0. The highest BCUT2D eigenvalue weighted by molar-refractivity contribution is 5.94. The molecule has 29 heavy (non-hydrogen) atoms. The molecule has 1 rings (SSSR count). The summed E-state index contributed by atoms with van der Waals surface area (Å²) >= 11 is 0. The first kappa shape index (κ1) is 25.3. The quantitative estimate of drug-likeness (QED) is 0.180. The van der Waals surface area contributed by atoms with E-state index in [1.54, 1.807) is 0 Å². The molecule has 0 aromatic heterocycles. The Hall–Kier alpha value is -1.71. The van der Waals surface area contributed by atoms with Gasteiger partial charge in [-0.1, -0.05) is 103 Å². The number of aromatic hydroxyl groups is 2. The predicted molar refractivity (Wildman–Crippen MR) is 122 cm³/mol. The zero-order valence-electron chi connectivity index (χ0n) is 18.6. The molecule has 0 heterocycles. The van der Waals surface area contributed by atoms with Crippen molar-refractivity contribution in [3.63, 3.8) is 0 Å². The van der Waals surface area contributed by atoms with Gasteiger partial charge in [-0.15, -0.1) is 0 Å².